The van der Waals surface area contributed by atoms with Gasteiger partial charge in [0.15, 0.2) is 0 Å². The Labute approximate surface area is 199 Å². The quantitative estimate of drug-likeness (QED) is 0.524. The zero-order valence-electron chi connectivity index (χ0n) is 19.0. The van der Waals surface area contributed by atoms with Gasteiger partial charge in [-0.3, -0.25) is 14.9 Å². The molecule has 2 aromatic rings. The summed E-state index contributed by atoms with van der Waals surface area (Å²) in [5.41, 5.74) is 1.20. The van der Waals surface area contributed by atoms with Crippen LogP contribution in [0, 0.1) is 0 Å². The number of amides is 3. The van der Waals surface area contributed by atoms with Crippen LogP contribution in [0.1, 0.15) is 43.4 Å². The summed E-state index contributed by atoms with van der Waals surface area (Å²) in [6.07, 6.45) is 0.748. The summed E-state index contributed by atoms with van der Waals surface area (Å²) in [6, 6.07) is 14.2. The lowest BCUT2D eigenvalue weighted by atomic mass is 10.1. The maximum atomic E-state index is 12.6. The highest BCUT2D eigenvalue weighted by Gasteiger charge is 2.28. The molecule has 0 radical (unpaired) electrons. The third kappa shape index (κ3) is 6.64. The van der Waals surface area contributed by atoms with Crippen molar-refractivity contribution in [1.82, 2.24) is 14.9 Å². The van der Waals surface area contributed by atoms with Gasteiger partial charge in [-0.05, 0) is 43.9 Å². The minimum Gasteiger partial charge on any atom is -0.447 e. The molecule has 1 aliphatic rings. The molecule has 0 saturated carbocycles. The van der Waals surface area contributed by atoms with Gasteiger partial charge in [-0.1, -0.05) is 42.5 Å². The second-order valence-electron chi connectivity index (χ2n) is 7.88. The van der Waals surface area contributed by atoms with E-state index in [9.17, 15) is 22.8 Å². The normalized spacial score (nSPS) is 14.9. The molecule has 2 aromatic carbocycles. The van der Waals surface area contributed by atoms with Crippen molar-refractivity contribution in [2.45, 2.75) is 43.6 Å². The van der Waals surface area contributed by atoms with E-state index in [4.69, 9.17) is 4.74 Å². The number of nitrogens with zero attached hydrogens (tertiary/aromatic N) is 1. The average molecular weight is 488 g/mol. The Bertz CT molecular complexity index is 1100. The van der Waals surface area contributed by atoms with E-state index in [-0.39, 0.29) is 11.3 Å². The van der Waals surface area contributed by atoms with Crippen molar-refractivity contribution in [3.8, 4) is 0 Å². The lowest BCUT2D eigenvalue weighted by Gasteiger charge is -2.18. The van der Waals surface area contributed by atoms with Gasteiger partial charge in [-0.2, -0.15) is 4.31 Å². The summed E-state index contributed by atoms with van der Waals surface area (Å²) >= 11 is 0. The number of hydrogen-bond acceptors (Lipinski definition) is 6. The Morgan fingerprint density at radius 2 is 1.65 bits per heavy atom. The fourth-order valence-electron chi connectivity index (χ4n) is 3.63. The van der Waals surface area contributed by atoms with Crippen LogP contribution in [0.15, 0.2) is 59.5 Å². The number of esters is 1. The highest BCUT2D eigenvalue weighted by Crippen LogP contribution is 2.22. The summed E-state index contributed by atoms with van der Waals surface area (Å²) in [6.45, 7) is 3.12. The molecule has 0 aromatic heterocycles. The van der Waals surface area contributed by atoms with Crippen LogP contribution in [-0.2, 0) is 30.8 Å². The van der Waals surface area contributed by atoms with Crippen molar-refractivity contribution in [2.75, 3.05) is 19.6 Å². The first-order valence-corrected chi connectivity index (χ1v) is 12.7. The predicted octanol–water partition coefficient (Wildman–Crippen LogP) is 2.53. The molecule has 34 heavy (non-hydrogen) atoms. The molecular formula is C24H29N3O6S. The molecule has 1 fully saturated rings. The number of urea groups is 1. The summed E-state index contributed by atoms with van der Waals surface area (Å²) in [7, 11) is -3.49. The Kier molecular flexibility index (Phi) is 8.78. The molecule has 10 heteroatoms. The van der Waals surface area contributed by atoms with Crippen molar-refractivity contribution in [3.63, 3.8) is 0 Å². The van der Waals surface area contributed by atoms with Gasteiger partial charge >= 0.3 is 12.0 Å². The van der Waals surface area contributed by atoms with Gasteiger partial charge in [0.05, 0.1) is 4.90 Å². The van der Waals surface area contributed by atoms with E-state index in [1.807, 2.05) is 0 Å². The number of nitrogens with one attached hydrogen (secondary N) is 2. The lowest BCUT2D eigenvalue weighted by Crippen LogP contribution is -2.42. The molecule has 0 bridgehead atoms. The second kappa shape index (κ2) is 11.8. The van der Waals surface area contributed by atoms with Crippen LogP contribution in [-0.4, -0.2) is 50.3 Å². The number of carbonyl (C=O) groups is 3. The Hall–Kier alpha value is -3.24. The average Bonchev–Trinajstić information content (AvgIpc) is 3.38. The smallest absolute Gasteiger partial charge is 0.321 e. The van der Waals surface area contributed by atoms with E-state index in [2.05, 4.69) is 10.6 Å². The third-order valence-corrected chi connectivity index (χ3v) is 7.32. The minimum atomic E-state index is -3.49. The molecule has 3 rings (SSSR count). The van der Waals surface area contributed by atoms with E-state index >= 15 is 0 Å². The van der Waals surface area contributed by atoms with Gasteiger partial charge in [0.1, 0.15) is 0 Å². The molecule has 0 spiro atoms. The van der Waals surface area contributed by atoms with Crippen molar-refractivity contribution < 1.29 is 27.5 Å². The third-order valence-electron chi connectivity index (χ3n) is 5.41. The first kappa shape index (κ1) is 25.4. The van der Waals surface area contributed by atoms with Crippen LogP contribution < -0.4 is 10.6 Å². The second-order valence-corrected chi connectivity index (χ2v) is 9.82. The number of aryl methyl sites for hydroxylation is 1. The number of carbonyl (C=O) groups excluding carboxylic acids is 3. The monoisotopic (exact) mass is 487 g/mol. The summed E-state index contributed by atoms with van der Waals surface area (Å²) < 4.78 is 32.2. The lowest BCUT2D eigenvalue weighted by molar-refractivity contribution is -0.156. The van der Waals surface area contributed by atoms with E-state index in [0.29, 0.717) is 31.6 Å². The standard InChI is InChI=1S/C24H29N3O6S/c1-2-25-24(30)26-23(29)22(19-8-4-3-5-9-19)33-21(28)15-12-18-10-13-20(14-11-18)34(31,32)27-16-6-7-17-27/h3-5,8-11,13-14,22H,2,6-7,12,15-17H2,1H3,(H2,25,26,29,30). The molecule has 1 atom stereocenters. The van der Waals surface area contributed by atoms with Gasteiger partial charge in [0, 0.05) is 31.6 Å². The SMILES string of the molecule is CCNC(=O)NC(=O)C(OC(=O)CCc1ccc(S(=O)(=O)N2CCCC2)cc1)c1ccccc1. The number of ether oxygens (including phenoxy) is 1. The molecule has 182 valence electrons. The van der Waals surface area contributed by atoms with Crippen molar-refractivity contribution >= 4 is 27.9 Å². The molecule has 0 aliphatic carbocycles. The Balaban J connectivity index is 1.61. The van der Waals surface area contributed by atoms with Crippen LogP contribution in [0.2, 0.25) is 0 Å². The molecule has 2 N–H and O–H groups in total. The molecule has 1 unspecified atom stereocenters. The zero-order chi connectivity index (χ0) is 24.6. The van der Waals surface area contributed by atoms with Crippen molar-refractivity contribution in [3.05, 3.63) is 65.7 Å². The fourth-order valence-corrected chi connectivity index (χ4v) is 5.14. The van der Waals surface area contributed by atoms with Gasteiger partial charge < -0.3 is 10.1 Å². The highest BCUT2D eigenvalue weighted by molar-refractivity contribution is 7.89. The largest absolute Gasteiger partial charge is 0.447 e. The minimum absolute atomic E-state index is 0.0179. The van der Waals surface area contributed by atoms with Crippen LogP contribution >= 0.6 is 0 Å². The van der Waals surface area contributed by atoms with Gasteiger partial charge in [-0.15, -0.1) is 0 Å². The van der Waals surface area contributed by atoms with Crippen molar-refractivity contribution in [2.24, 2.45) is 0 Å². The van der Waals surface area contributed by atoms with Crippen molar-refractivity contribution in [1.29, 1.82) is 0 Å². The number of rotatable bonds is 9. The van der Waals surface area contributed by atoms with Crippen LogP contribution in [0.5, 0.6) is 0 Å². The van der Waals surface area contributed by atoms with Crippen LogP contribution in [0.4, 0.5) is 4.79 Å². The molecule has 1 aliphatic heterocycles. The van der Waals surface area contributed by atoms with Crippen LogP contribution in [0.25, 0.3) is 0 Å². The maximum Gasteiger partial charge on any atom is 0.321 e. The summed E-state index contributed by atoms with van der Waals surface area (Å²) in [4.78, 5) is 37.0. The first-order valence-electron chi connectivity index (χ1n) is 11.2. The van der Waals surface area contributed by atoms with E-state index in [1.165, 1.54) is 4.31 Å². The topological polar surface area (TPSA) is 122 Å². The van der Waals surface area contributed by atoms with E-state index in [1.54, 1.807) is 61.5 Å². The Morgan fingerprint density at radius 3 is 2.26 bits per heavy atom. The van der Waals surface area contributed by atoms with E-state index in [0.717, 1.165) is 18.4 Å². The first-order chi connectivity index (χ1) is 16.3. The number of sulfonamides is 1. The molecule has 1 heterocycles. The summed E-state index contributed by atoms with van der Waals surface area (Å²) in [5.74, 6) is -1.37. The Morgan fingerprint density at radius 1 is 1.00 bits per heavy atom. The fraction of sp³-hybridized carbons (Fsp3) is 0.375. The maximum absolute atomic E-state index is 12.6. The van der Waals surface area contributed by atoms with E-state index < -0.39 is 34.0 Å². The molecular weight excluding hydrogens is 458 g/mol. The van der Waals surface area contributed by atoms with Gasteiger partial charge in [0.25, 0.3) is 5.91 Å². The number of imide groups is 1. The highest BCUT2D eigenvalue weighted by atomic mass is 32.2. The number of benzene rings is 2. The molecule has 3 amide bonds. The predicted molar refractivity (Wildman–Crippen MR) is 125 cm³/mol. The molecule has 1 saturated heterocycles. The molecule has 9 nitrogen and oxygen atoms in total. The number of hydrogen-bond donors (Lipinski definition) is 2. The van der Waals surface area contributed by atoms with Crippen LogP contribution in [0.3, 0.4) is 0 Å². The zero-order valence-corrected chi connectivity index (χ0v) is 19.8. The van der Waals surface area contributed by atoms with Gasteiger partial charge in [0.2, 0.25) is 16.1 Å². The summed E-state index contributed by atoms with van der Waals surface area (Å²) in [5, 5.41) is 4.63. The van der Waals surface area contributed by atoms with Gasteiger partial charge in [-0.25, -0.2) is 13.2 Å².